The quantitative estimate of drug-likeness (QED) is 0.430. The number of aromatic amines is 1. The van der Waals surface area contributed by atoms with Crippen molar-refractivity contribution in [1.29, 1.82) is 0 Å². The molecule has 1 aromatic rings. The van der Waals surface area contributed by atoms with Crippen LogP contribution in [0.3, 0.4) is 0 Å². The Labute approximate surface area is 117 Å². The maximum Gasteiger partial charge on any atom is 0.328 e. The molecule has 0 spiro atoms. The van der Waals surface area contributed by atoms with E-state index in [2.05, 4.69) is 5.32 Å². The monoisotopic (exact) mass is 298 g/mol. The predicted molar refractivity (Wildman–Crippen MR) is 69.3 cm³/mol. The summed E-state index contributed by atoms with van der Waals surface area (Å²) in [6, 6.07) is -0.236. The van der Waals surface area contributed by atoms with Crippen molar-refractivity contribution in [3.05, 3.63) is 33.1 Å². The van der Waals surface area contributed by atoms with Gasteiger partial charge in [-0.05, 0) is 6.42 Å². The first-order chi connectivity index (χ1) is 9.79. The van der Waals surface area contributed by atoms with Crippen molar-refractivity contribution < 1.29 is 19.5 Å². The predicted octanol–water partition coefficient (Wildman–Crippen LogP) is -2.63. The molecule has 0 fully saturated rings. The van der Waals surface area contributed by atoms with E-state index in [1.54, 1.807) is 0 Å². The van der Waals surface area contributed by atoms with Gasteiger partial charge in [0.2, 0.25) is 11.8 Å². The minimum atomic E-state index is -1.32. The molecular weight excluding hydrogens is 284 g/mol. The van der Waals surface area contributed by atoms with Gasteiger partial charge in [0.25, 0.3) is 5.56 Å². The van der Waals surface area contributed by atoms with E-state index in [-0.39, 0.29) is 12.8 Å². The number of hydrogen-bond acceptors (Lipinski definition) is 5. The highest BCUT2D eigenvalue weighted by atomic mass is 16.4. The molecule has 2 amide bonds. The molecular formula is C11H14N4O6. The lowest BCUT2D eigenvalue weighted by molar-refractivity contribution is -0.142. The fourth-order valence-corrected chi connectivity index (χ4v) is 1.51. The minimum absolute atomic E-state index is 0.156. The third-order valence-electron chi connectivity index (χ3n) is 2.52. The summed E-state index contributed by atoms with van der Waals surface area (Å²) in [6.45, 7) is -0.462. The number of primary amides is 1. The van der Waals surface area contributed by atoms with E-state index in [1.165, 1.54) is 0 Å². The summed E-state index contributed by atoms with van der Waals surface area (Å²) in [5, 5.41) is 11.1. The molecule has 114 valence electrons. The van der Waals surface area contributed by atoms with Gasteiger partial charge < -0.3 is 16.2 Å². The molecule has 1 heterocycles. The number of carbonyl (C=O) groups excluding carboxylic acids is 2. The van der Waals surface area contributed by atoms with Crippen LogP contribution in [0.2, 0.25) is 0 Å². The van der Waals surface area contributed by atoms with Crippen molar-refractivity contribution in [2.24, 2.45) is 5.73 Å². The van der Waals surface area contributed by atoms with E-state index < -0.39 is 41.6 Å². The third kappa shape index (κ3) is 5.30. The van der Waals surface area contributed by atoms with Crippen LogP contribution in [0, 0.1) is 0 Å². The number of rotatable bonds is 7. The van der Waals surface area contributed by atoms with Gasteiger partial charge in [0.15, 0.2) is 0 Å². The van der Waals surface area contributed by atoms with Gasteiger partial charge in [-0.2, -0.15) is 0 Å². The Bertz CT molecular complexity index is 661. The largest absolute Gasteiger partial charge is 0.480 e. The maximum atomic E-state index is 11.7. The van der Waals surface area contributed by atoms with Crippen LogP contribution in [0.5, 0.6) is 0 Å². The lowest BCUT2D eigenvalue weighted by atomic mass is 10.1. The van der Waals surface area contributed by atoms with Crippen LogP contribution >= 0.6 is 0 Å². The van der Waals surface area contributed by atoms with Crippen LogP contribution < -0.4 is 22.3 Å². The standard InChI is InChI=1S/C11H14N4O6/c12-7(16)2-1-6(10(19)20)13-9(18)5-15-4-3-8(17)14-11(15)21/h3-4,6H,1-2,5H2,(H2,12,16)(H,13,18)(H,19,20)(H,14,17,21)/t6-/m1/s1. The fraction of sp³-hybridized carbons (Fsp3) is 0.364. The van der Waals surface area contributed by atoms with Gasteiger partial charge in [-0.3, -0.25) is 23.9 Å². The molecule has 0 unspecified atom stereocenters. The minimum Gasteiger partial charge on any atom is -0.480 e. The molecule has 0 saturated heterocycles. The third-order valence-corrected chi connectivity index (χ3v) is 2.52. The molecule has 21 heavy (non-hydrogen) atoms. The summed E-state index contributed by atoms with van der Waals surface area (Å²) in [5.74, 6) is -2.76. The van der Waals surface area contributed by atoms with Crippen LogP contribution in [0.25, 0.3) is 0 Å². The summed E-state index contributed by atoms with van der Waals surface area (Å²) in [6.07, 6.45) is 0.757. The Morgan fingerprint density at radius 1 is 1.38 bits per heavy atom. The zero-order valence-electron chi connectivity index (χ0n) is 10.9. The van der Waals surface area contributed by atoms with Crippen molar-refractivity contribution >= 4 is 17.8 Å². The number of aromatic nitrogens is 2. The van der Waals surface area contributed by atoms with Gasteiger partial charge in [-0.15, -0.1) is 0 Å². The molecule has 0 bridgehead atoms. The second-order valence-electron chi connectivity index (χ2n) is 4.20. The van der Waals surface area contributed by atoms with Crippen molar-refractivity contribution in [3.8, 4) is 0 Å². The van der Waals surface area contributed by atoms with Gasteiger partial charge in [0.05, 0.1) is 0 Å². The summed E-state index contributed by atoms with van der Waals surface area (Å²) in [4.78, 5) is 57.4. The first-order valence-corrected chi connectivity index (χ1v) is 5.90. The Morgan fingerprint density at radius 3 is 2.57 bits per heavy atom. The summed E-state index contributed by atoms with van der Waals surface area (Å²) in [7, 11) is 0. The Balaban J connectivity index is 2.69. The number of nitrogens with two attached hydrogens (primary N) is 1. The highest BCUT2D eigenvalue weighted by Crippen LogP contribution is 1.97. The number of carboxylic acids is 1. The molecule has 10 heteroatoms. The van der Waals surface area contributed by atoms with E-state index in [4.69, 9.17) is 10.8 Å². The fourth-order valence-electron chi connectivity index (χ4n) is 1.51. The molecule has 0 saturated carbocycles. The van der Waals surface area contributed by atoms with Crippen LogP contribution in [-0.4, -0.2) is 38.5 Å². The molecule has 1 aromatic heterocycles. The van der Waals surface area contributed by atoms with Gasteiger partial charge in [0.1, 0.15) is 12.6 Å². The molecule has 0 aromatic carbocycles. The number of hydrogen-bond donors (Lipinski definition) is 4. The van der Waals surface area contributed by atoms with E-state index in [9.17, 15) is 24.0 Å². The van der Waals surface area contributed by atoms with Crippen molar-refractivity contribution in [1.82, 2.24) is 14.9 Å². The highest BCUT2D eigenvalue weighted by Gasteiger charge is 2.20. The average molecular weight is 298 g/mol. The van der Waals surface area contributed by atoms with Gasteiger partial charge in [-0.1, -0.05) is 0 Å². The Kier molecular flexibility index (Phi) is 5.40. The second-order valence-corrected chi connectivity index (χ2v) is 4.20. The number of amides is 2. The molecule has 0 aliphatic rings. The summed E-state index contributed by atoms with van der Waals surface area (Å²) >= 11 is 0. The Hall–Kier alpha value is -2.91. The molecule has 10 nitrogen and oxygen atoms in total. The van der Waals surface area contributed by atoms with Crippen LogP contribution in [-0.2, 0) is 20.9 Å². The number of nitrogens with zero attached hydrogens (tertiary/aromatic N) is 1. The summed E-state index contributed by atoms with van der Waals surface area (Å²) < 4.78 is 0.906. The van der Waals surface area contributed by atoms with Crippen molar-refractivity contribution in [2.75, 3.05) is 0 Å². The van der Waals surface area contributed by atoms with E-state index in [1.807, 2.05) is 4.98 Å². The lowest BCUT2D eigenvalue weighted by Gasteiger charge is -2.14. The molecule has 0 aliphatic heterocycles. The number of nitrogens with one attached hydrogen (secondary N) is 2. The van der Waals surface area contributed by atoms with Gasteiger partial charge in [-0.25, -0.2) is 9.59 Å². The zero-order chi connectivity index (χ0) is 16.0. The molecule has 0 radical (unpaired) electrons. The van der Waals surface area contributed by atoms with Crippen molar-refractivity contribution in [3.63, 3.8) is 0 Å². The average Bonchev–Trinajstić information content (AvgIpc) is 2.37. The number of aliphatic carboxylic acids is 1. The normalized spacial score (nSPS) is 11.6. The number of carbonyl (C=O) groups is 3. The van der Waals surface area contributed by atoms with Crippen LogP contribution in [0.1, 0.15) is 12.8 Å². The lowest BCUT2D eigenvalue weighted by Crippen LogP contribution is -2.44. The first kappa shape index (κ1) is 16.1. The Morgan fingerprint density at radius 2 is 2.05 bits per heavy atom. The topological polar surface area (TPSA) is 164 Å². The second kappa shape index (κ2) is 7.03. The molecule has 1 atom stereocenters. The van der Waals surface area contributed by atoms with Crippen molar-refractivity contribution in [2.45, 2.75) is 25.4 Å². The SMILES string of the molecule is NC(=O)CC[C@@H](NC(=O)Cn1ccc(=O)[nH]c1=O)C(=O)O. The first-order valence-electron chi connectivity index (χ1n) is 5.90. The van der Waals surface area contributed by atoms with E-state index in [0.29, 0.717) is 0 Å². The maximum absolute atomic E-state index is 11.7. The smallest absolute Gasteiger partial charge is 0.328 e. The molecule has 1 rings (SSSR count). The van der Waals surface area contributed by atoms with Gasteiger partial charge >= 0.3 is 11.7 Å². The number of H-pyrrole nitrogens is 1. The van der Waals surface area contributed by atoms with Crippen LogP contribution in [0.15, 0.2) is 21.9 Å². The van der Waals surface area contributed by atoms with E-state index in [0.717, 1.165) is 16.8 Å². The number of carboxylic acid groups (broad SMARTS) is 1. The van der Waals surface area contributed by atoms with Gasteiger partial charge in [0, 0.05) is 18.7 Å². The van der Waals surface area contributed by atoms with E-state index >= 15 is 0 Å². The molecule has 5 N–H and O–H groups in total. The highest BCUT2D eigenvalue weighted by molar-refractivity contribution is 5.84. The molecule has 0 aliphatic carbocycles. The zero-order valence-corrected chi connectivity index (χ0v) is 10.9. The summed E-state index contributed by atoms with van der Waals surface area (Å²) in [5.41, 5.74) is 3.51. The van der Waals surface area contributed by atoms with Crippen LogP contribution in [0.4, 0.5) is 0 Å².